The van der Waals surface area contributed by atoms with Crippen molar-refractivity contribution in [1.82, 2.24) is 5.32 Å². The number of hydrogen-bond donors (Lipinski definition) is 1. The Morgan fingerprint density at radius 1 is 1.57 bits per heavy atom. The number of rotatable bonds is 5. The average molecular weight is 260 g/mol. The zero-order valence-corrected chi connectivity index (χ0v) is 9.76. The van der Waals surface area contributed by atoms with Gasteiger partial charge < -0.3 is 9.73 Å². The number of carbonyl (C=O) groups excluding carboxylic acids is 1. The van der Waals surface area contributed by atoms with Crippen molar-refractivity contribution in [3.05, 3.63) is 23.7 Å². The van der Waals surface area contributed by atoms with Crippen LogP contribution in [0.4, 0.5) is 0 Å². The van der Waals surface area contributed by atoms with Crippen molar-refractivity contribution >= 4 is 21.8 Å². The normalized spacial score (nSPS) is 10.1. The highest BCUT2D eigenvalue weighted by Gasteiger charge is 2.09. The van der Waals surface area contributed by atoms with Crippen LogP contribution in [0.2, 0.25) is 0 Å². The molecule has 0 spiro atoms. The van der Waals surface area contributed by atoms with Gasteiger partial charge in [-0.1, -0.05) is 15.9 Å². The van der Waals surface area contributed by atoms with E-state index >= 15 is 0 Å². The highest BCUT2D eigenvalue weighted by Crippen LogP contribution is 2.07. The predicted octanol–water partition coefficient (Wildman–Crippen LogP) is 2.49. The van der Waals surface area contributed by atoms with E-state index in [9.17, 15) is 4.79 Å². The maximum absolute atomic E-state index is 11.5. The minimum atomic E-state index is -0.0502. The molecule has 0 atom stereocenters. The molecule has 1 amide bonds. The number of hydrogen-bond acceptors (Lipinski definition) is 2. The molecule has 1 aromatic heterocycles. The average Bonchev–Trinajstić information content (AvgIpc) is 2.59. The van der Waals surface area contributed by atoms with Gasteiger partial charge in [0.25, 0.3) is 5.91 Å². The summed E-state index contributed by atoms with van der Waals surface area (Å²) in [4.78, 5) is 11.5. The van der Waals surface area contributed by atoms with Crippen LogP contribution in [-0.2, 0) is 0 Å². The van der Waals surface area contributed by atoms with Crippen molar-refractivity contribution in [3.63, 3.8) is 0 Å². The van der Waals surface area contributed by atoms with E-state index in [4.69, 9.17) is 4.42 Å². The first-order chi connectivity index (χ1) is 6.75. The summed E-state index contributed by atoms with van der Waals surface area (Å²) in [6.45, 7) is 2.50. The van der Waals surface area contributed by atoms with E-state index in [1.807, 2.05) is 0 Å². The SMILES string of the molecule is Cc1occc1C(=O)NCCCCBr. The summed E-state index contributed by atoms with van der Waals surface area (Å²) in [6.07, 6.45) is 3.60. The van der Waals surface area contributed by atoms with E-state index in [-0.39, 0.29) is 5.91 Å². The van der Waals surface area contributed by atoms with Gasteiger partial charge in [0.1, 0.15) is 5.76 Å². The van der Waals surface area contributed by atoms with Crippen molar-refractivity contribution in [1.29, 1.82) is 0 Å². The number of carbonyl (C=O) groups is 1. The van der Waals surface area contributed by atoms with Gasteiger partial charge in [0.15, 0.2) is 0 Å². The van der Waals surface area contributed by atoms with Crippen LogP contribution in [0.25, 0.3) is 0 Å². The molecule has 0 aliphatic rings. The fourth-order valence-corrected chi connectivity index (χ4v) is 1.53. The Balaban J connectivity index is 2.32. The maximum Gasteiger partial charge on any atom is 0.254 e. The zero-order valence-electron chi connectivity index (χ0n) is 8.18. The van der Waals surface area contributed by atoms with Gasteiger partial charge in [0.05, 0.1) is 11.8 Å². The number of furan rings is 1. The van der Waals surface area contributed by atoms with Gasteiger partial charge in [0, 0.05) is 11.9 Å². The topological polar surface area (TPSA) is 42.2 Å². The molecule has 0 unspecified atom stereocenters. The minimum Gasteiger partial charge on any atom is -0.469 e. The Hall–Kier alpha value is -0.770. The molecule has 0 fully saturated rings. The summed E-state index contributed by atoms with van der Waals surface area (Å²) in [6, 6.07) is 1.69. The summed E-state index contributed by atoms with van der Waals surface area (Å²) < 4.78 is 5.04. The van der Waals surface area contributed by atoms with Gasteiger partial charge in [-0.25, -0.2) is 0 Å². The van der Waals surface area contributed by atoms with Crippen LogP contribution in [0.5, 0.6) is 0 Å². The maximum atomic E-state index is 11.5. The molecule has 14 heavy (non-hydrogen) atoms. The molecule has 0 aliphatic heterocycles. The lowest BCUT2D eigenvalue weighted by atomic mass is 10.2. The van der Waals surface area contributed by atoms with Crippen LogP contribution in [0.3, 0.4) is 0 Å². The largest absolute Gasteiger partial charge is 0.469 e. The first kappa shape index (κ1) is 11.3. The predicted molar refractivity (Wildman–Crippen MR) is 58.8 cm³/mol. The molecule has 1 N–H and O–H groups in total. The van der Waals surface area contributed by atoms with E-state index in [1.165, 1.54) is 6.26 Å². The van der Waals surface area contributed by atoms with E-state index in [0.717, 1.165) is 24.7 Å². The Labute approximate surface area is 92.0 Å². The quantitative estimate of drug-likeness (QED) is 0.652. The standard InChI is InChI=1S/C10H14BrNO2/c1-8-9(4-7-14-8)10(13)12-6-3-2-5-11/h4,7H,2-3,5-6H2,1H3,(H,12,13). The van der Waals surface area contributed by atoms with Crippen LogP contribution < -0.4 is 5.32 Å². The molecule has 0 radical (unpaired) electrons. The number of nitrogens with one attached hydrogen (secondary N) is 1. The second-order valence-electron chi connectivity index (χ2n) is 3.04. The highest BCUT2D eigenvalue weighted by molar-refractivity contribution is 9.09. The summed E-state index contributed by atoms with van der Waals surface area (Å²) >= 11 is 3.34. The van der Waals surface area contributed by atoms with Crippen molar-refractivity contribution in [2.75, 3.05) is 11.9 Å². The first-order valence-electron chi connectivity index (χ1n) is 4.64. The summed E-state index contributed by atoms with van der Waals surface area (Å²) in [5, 5.41) is 3.82. The molecule has 0 bridgehead atoms. The molecule has 1 aromatic rings. The van der Waals surface area contributed by atoms with Gasteiger partial charge in [-0.2, -0.15) is 0 Å². The zero-order chi connectivity index (χ0) is 10.4. The van der Waals surface area contributed by atoms with Gasteiger partial charge in [-0.05, 0) is 25.8 Å². The molecule has 0 aromatic carbocycles. The second-order valence-corrected chi connectivity index (χ2v) is 3.84. The lowest BCUT2D eigenvalue weighted by Crippen LogP contribution is -2.24. The van der Waals surface area contributed by atoms with Crippen molar-refractivity contribution in [2.24, 2.45) is 0 Å². The highest BCUT2D eigenvalue weighted by atomic mass is 79.9. The molecule has 1 rings (SSSR count). The molecule has 3 nitrogen and oxygen atoms in total. The molecular weight excluding hydrogens is 246 g/mol. The van der Waals surface area contributed by atoms with E-state index in [2.05, 4.69) is 21.2 Å². The molecule has 1 heterocycles. The Morgan fingerprint density at radius 2 is 2.36 bits per heavy atom. The van der Waals surface area contributed by atoms with Crippen LogP contribution in [0.1, 0.15) is 29.0 Å². The van der Waals surface area contributed by atoms with Crippen molar-refractivity contribution in [3.8, 4) is 0 Å². The first-order valence-corrected chi connectivity index (χ1v) is 5.76. The fourth-order valence-electron chi connectivity index (χ4n) is 1.14. The minimum absolute atomic E-state index is 0.0502. The number of aryl methyl sites for hydroxylation is 1. The van der Waals surface area contributed by atoms with E-state index in [1.54, 1.807) is 13.0 Å². The third kappa shape index (κ3) is 3.18. The molecular formula is C10H14BrNO2. The van der Waals surface area contributed by atoms with Crippen molar-refractivity contribution in [2.45, 2.75) is 19.8 Å². The Morgan fingerprint density at radius 3 is 2.93 bits per heavy atom. The monoisotopic (exact) mass is 259 g/mol. The molecule has 4 heteroatoms. The van der Waals surface area contributed by atoms with Crippen LogP contribution in [0, 0.1) is 6.92 Å². The number of alkyl halides is 1. The third-order valence-electron chi connectivity index (χ3n) is 1.95. The summed E-state index contributed by atoms with van der Waals surface area (Å²) in [5.74, 6) is 0.619. The fraction of sp³-hybridized carbons (Fsp3) is 0.500. The van der Waals surface area contributed by atoms with Crippen LogP contribution in [0.15, 0.2) is 16.7 Å². The lowest BCUT2D eigenvalue weighted by molar-refractivity contribution is 0.0951. The van der Waals surface area contributed by atoms with Gasteiger partial charge >= 0.3 is 0 Å². The molecule has 0 saturated carbocycles. The summed E-state index contributed by atoms with van der Waals surface area (Å²) in [7, 11) is 0. The molecule has 78 valence electrons. The van der Waals surface area contributed by atoms with Gasteiger partial charge in [-0.15, -0.1) is 0 Å². The molecule has 0 saturated heterocycles. The smallest absolute Gasteiger partial charge is 0.254 e. The van der Waals surface area contributed by atoms with Crippen LogP contribution in [-0.4, -0.2) is 17.8 Å². The Bertz CT molecular complexity index is 296. The van der Waals surface area contributed by atoms with E-state index < -0.39 is 0 Å². The number of halogens is 1. The van der Waals surface area contributed by atoms with Crippen molar-refractivity contribution < 1.29 is 9.21 Å². The number of amides is 1. The third-order valence-corrected chi connectivity index (χ3v) is 2.51. The number of unbranched alkanes of at least 4 members (excludes halogenated alkanes) is 1. The van der Waals surface area contributed by atoms with Gasteiger partial charge in [0.2, 0.25) is 0 Å². The van der Waals surface area contributed by atoms with Gasteiger partial charge in [-0.3, -0.25) is 4.79 Å². The molecule has 0 aliphatic carbocycles. The summed E-state index contributed by atoms with van der Waals surface area (Å²) in [5.41, 5.74) is 0.629. The Kier molecular flexibility index (Phi) is 4.73. The van der Waals surface area contributed by atoms with E-state index in [0.29, 0.717) is 11.3 Å². The lowest BCUT2D eigenvalue weighted by Gasteiger charge is -2.02. The van der Waals surface area contributed by atoms with Crippen LogP contribution >= 0.6 is 15.9 Å². The second kappa shape index (κ2) is 5.86.